The van der Waals surface area contributed by atoms with Crippen LogP contribution < -0.4 is 5.32 Å². The Bertz CT molecular complexity index is 462. The van der Waals surface area contributed by atoms with Crippen LogP contribution in [0, 0.1) is 0 Å². The second-order valence-corrected chi connectivity index (χ2v) is 4.72. The molecule has 0 spiro atoms. The van der Waals surface area contributed by atoms with E-state index in [2.05, 4.69) is 10.3 Å². The van der Waals surface area contributed by atoms with E-state index >= 15 is 0 Å². The molecule has 2 rings (SSSR count). The molecular weight excluding hydrogens is 248 g/mol. The van der Waals surface area contributed by atoms with Crippen LogP contribution in [-0.4, -0.2) is 43.1 Å². The summed E-state index contributed by atoms with van der Waals surface area (Å²) in [7, 11) is 1.34. The topological polar surface area (TPSA) is 69.7 Å². The molecule has 0 aliphatic carbocycles. The van der Waals surface area contributed by atoms with Crippen LogP contribution in [0.4, 0.5) is 5.82 Å². The fourth-order valence-electron chi connectivity index (χ4n) is 1.89. The number of aromatic nitrogens is 1. The van der Waals surface area contributed by atoms with Gasteiger partial charge in [0.25, 0.3) is 0 Å². The van der Waals surface area contributed by atoms with E-state index in [1.54, 1.807) is 18.3 Å². The number of hydrogen-bond acceptors (Lipinski definition) is 6. The minimum Gasteiger partial charge on any atom is -0.465 e. The number of nitrogens with zero attached hydrogens (tertiary/aromatic N) is 1. The van der Waals surface area contributed by atoms with Gasteiger partial charge in [-0.15, -0.1) is 0 Å². The van der Waals surface area contributed by atoms with Crippen LogP contribution in [0.15, 0.2) is 18.3 Å². The molecule has 1 aliphatic rings. The number of nitrogens with one attached hydrogen (secondary N) is 1. The number of esters is 1. The zero-order valence-corrected chi connectivity index (χ0v) is 11.3. The molecule has 1 aromatic heterocycles. The predicted octanol–water partition coefficient (Wildman–Crippen LogP) is 1.43. The molecule has 6 nitrogen and oxygen atoms in total. The molecule has 1 N–H and O–H groups in total. The molecule has 0 bridgehead atoms. The molecule has 6 heteroatoms. The molecule has 1 saturated heterocycles. The highest BCUT2D eigenvalue weighted by Crippen LogP contribution is 2.22. The molecule has 1 aromatic rings. The van der Waals surface area contributed by atoms with Gasteiger partial charge in [-0.1, -0.05) is 0 Å². The van der Waals surface area contributed by atoms with Gasteiger partial charge in [0.15, 0.2) is 5.79 Å². The summed E-state index contributed by atoms with van der Waals surface area (Å²) in [5, 5.41) is 3.09. The minimum absolute atomic E-state index is 0.0671. The third-order valence-electron chi connectivity index (χ3n) is 2.78. The van der Waals surface area contributed by atoms with E-state index in [0.717, 1.165) is 0 Å². The summed E-state index contributed by atoms with van der Waals surface area (Å²) in [4.78, 5) is 15.7. The van der Waals surface area contributed by atoms with E-state index in [4.69, 9.17) is 14.2 Å². The number of rotatable bonds is 4. The van der Waals surface area contributed by atoms with Gasteiger partial charge in [-0.25, -0.2) is 9.78 Å². The molecule has 1 aliphatic heterocycles. The Labute approximate surface area is 112 Å². The van der Waals surface area contributed by atoms with Gasteiger partial charge in [-0.2, -0.15) is 0 Å². The van der Waals surface area contributed by atoms with Crippen molar-refractivity contribution in [3.63, 3.8) is 0 Å². The molecule has 1 atom stereocenters. The molecule has 2 heterocycles. The molecule has 1 unspecified atom stereocenters. The van der Waals surface area contributed by atoms with Crippen molar-refractivity contribution < 1.29 is 19.0 Å². The number of carbonyl (C=O) groups excluding carboxylic acids is 1. The molecule has 19 heavy (non-hydrogen) atoms. The quantitative estimate of drug-likeness (QED) is 0.831. The number of hydrogen-bond donors (Lipinski definition) is 1. The number of methoxy groups -OCH3 is 1. The Balaban J connectivity index is 1.98. The lowest BCUT2D eigenvalue weighted by Crippen LogP contribution is -2.26. The molecule has 0 saturated carbocycles. The van der Waals surface area contributed by atoms with Crippen molar-refractivity contribution in [1.82, 2.24) is 4.98 Å². The Kier molecular flexibility index (Phi) is 4.01. The lowest BCUT2D eigenvalue weighted by Gasteiger charge is -2.17. The van der Waals surface area contributed by atoms with E-state index in [-0.39, 0.29) is 6.10 Å². The standard InChI is InChI=1S/C13H18N2O4/c1-13(2)18-8-9(19-13)7-15-11-10(12(16)17-3)5-4-6-14-11/h4-6,9H,7-8H2,1-3H3,(H,14,15). The van der Waals surface area contributed by atoms with Crippen molar-refractivity contribution in [3.05, 3.63) is 23.9 Å². The highest BCUT2D eigenvalue weighted by Gasteiger charge is 2.32. The van der Waals surface area contributed by atoms with Gasteiger partial charge in [-0.05, 0) is 26.0 Å². The fraction of sp³-hybridized carbons (Fsp3) is 0.538. The maximum Gasteiger partial charge on any atom is 0.341 e. The molecule has 1 fully saturated rings. The SMILES string of the molecule is COC(=O)c1cccnc1NCC1COC(C)(C)O1. The van der Waals surface area contributed by atoms with Crippen LogP contribution in [0.1, 0.15) is 24.2 Å². The largest absolute Gasteiger partial charge is 0.465 e. The van der Waals surface area contributed by atoms with Crippen LogP contribution in [0.5, 0.6) is 0 Å². The first kappa shape index (κ1) is 13.8. The first-order valence-corrected chi connectivity index (χ1v) is 6.11. The molecule has 104 valence electrons. The van der Waals surface area contributed by atoms with Gasteiger partial charge in [-0.3, -0.25) is 0 Å². The minimum atomic E-state index is -0.554. The zero-order valence-electron chi connectivity index (χ0n) is 11.3. The summed E-state index contributed by atoms with van der Waals surface area (Å²) >= 11 is 0. The van der Waals surface area contributed by atoms with Crippen molar-refractivity contribution in [2.75, 3.05) is 25.6 Å². The first-order chi connectivity index (χ1) is 9.02. The monoisotopic (exact) mass is 266 g/mol. The fourth-order valence-corrected chi connectivity index (χ4v) is 1.89. The first-order valence-electron chi connectivity index (χ1n) is 6.11. The summed E-state index contributed by atoms with van der Waals surface area (Å²) in [5.74, 6) is -0.482. The van der Waals surface area contributed by atoms with Crippen molar-refractivity contribution in [1.29, 1.82) is 0 Å². The Morgan fingerprint density at radius 1 is 1.63 bits per heavy atom. The third-order valence-corrected chi connectivity index (χ3v) is 2.78. The van der Waals surface area contributed by atoms with Gasteiger partial charge in [0.2, 0.25) is 0 Å². The van der Waals surface area contributed by atoms with E-state index in [1.807, 2.05) is 13.8 Å². The van der Waals surface area contributed by atoms with E-state index in [0.29, 0.717) is 24.5 Å². The highest BCUT2D eigenvalue weighted by molar-refractivity contribution is 5.94. The molecule has 0 amide bonds. The van der Waals surface area contributed by atoms with E-state index in [1.165, 1.54) is 7.11 Å². The van der Waals surface area contributed by atoms with Crippen molar-refractivity contribution in [2.24, 2.45) is 0 Å². The summed E-state index contributed by atoms with van der Waals surface area (Å²) in [6, 6.07) is 3.35. The smallest absolute Gasteiger partial charge is 0.341 e. The lowest BCUT2D eigenvalue weighted by molar-refractivity contribution is -0.136. The van der Waals surface area contributed by atoms with Gasteiger partial charge in [0.1, 0.15) is 17.5 Å². The second kappa shape index (κ2) is 5.54. The van der Waals surface area contributed by atoms with Crippen LogP contribution >= 0.6 is 0 Å². The molecule has 0 aromatic carbocycles. The summed E-state index contributed by atoms with van der Waals surface area (Å²) in [5.41, 5.74) is 0.406. The van der Waals surface area contributed by atoms with Crippen LogP contribution in [0.3, 0.4) is 0 Å². The average molecular weight is 266 g/mol. The second-order valence-electron chi connectivity index (χ2n) is 4.72. The van der Waals surface area contributed by atoms with Gasteiger partial charge in [0, 0.05) is 12.7 Å². The van der Waals surface area contributed by atoms with Crippen LogP contribution in [0.25, 0.3) is 0 Å². The van der Waals surface area contributed by atoms with E-state index < -0.39 is 11.8 Å². The van der Waals surface area contributed by atoms with Gasteiger partial charge in [0.05, 0.1) is 13.7 Å². The molecular formula is C13H18N2O4. The maximum absolute atomic E-state index is 11.6. The number of anilines is 1. The van der Waals surface area contributed by atoms with Crippen molar-refractivity contribution in [3.8, 4) is 0 Å². The van der Waals surface area contributed by atoms with E-state index in [9.17, 15) is 4.79 Å². The lowest BCUT2D eigenvalue weighted by atomic mass is 10.2. The molecule has 0 radical (unpaired) electrons. The number of ether oxygens (including phenoxy) is 3. The maximum atomic E-state index is 11.6. The highest BCUT2D eigenvalue weighted by atomic mass is 16.7. The Hall–Kier alpha value is -1.66. The number of pyridine rings is 1. The van der Waals surface area contributed by atoms with Crippen LogP contribution in [-0.2, 0) is 14.2 Å². The average Bonchev–Trinajstić information content (AvgIpc) is 2.75. The third kappa shape index (κ3) is 3.42. The Morgan fingerprint density at radius 2 is 2.42 bits per heavy atom. The zero-order chi connectivity index (χ0) is 13.9. The Morgan fingerprint density at radius 3 is 3.05 bits per heavy atom. The summed E-state index contributed by atoms with van der Waals surface area (Å²) < 4.78 is 15.8. The van der Waals surface area contributed by atoms with Crippen molar-refractivity contribution in [2.45, 2.75) is 25.7 Å². The summed E-state index contributed by atoms with van der Waals surface area (Å²) in [6.45, 7) is 4.77. The van der Waals surface area contributed by atoms with Crippen LogP contribution in [0.2, 0.25) is 0 Å². The summed E-state index contributed by atoms with van der Waals surface area (Å²) in [6.07, 6.45) is 1.55. The van der Waals surface area contributed by atoms with Gasteiger partial charge >= 0.3 is 5.97 Å². The normalized spacial score (nSPS) is 21.1. The van der Waals surface area contributed by atoms with Gasteiger partial charge < -0.3 is 19.5 Å². The predicted molar refractivity (Wildman–Crippen MR) is 69.0 cm³/mol. The van der Waals surface area contributed by atoms with Crippen molar-refractivity contribution >= 4 is 11.8 Å². The number of carbonyl (C=O) groups is 1.